The Balaban J connectivity index is 1.86. The summed E-state index contributed by atoms with van der Waals surface area (Å²) in [4.78, 5) is 21.0. The van der Waals surface area contributed by atoms with Crippen molar-refractivity contribution < 1.29 is 9.18 Å². The summed E-state index contributed by atoms with van der Waals surface area (Å²) in [6, 6.07) is 13.6. The van der Waals surface area contributed by atoms with Crippen molar-refractivity contribution in [2.75, 3.05) is 10.6 Å². The molecule has 0 aliphatic carbocycles. The van der Waals surface area contributed by atoms with Gasteiger partial charge in [0, 0.05) is 11.4 Å². The lowest BCUT2D eigenvalue weighted by atomic mass is 10.1. The van der Waals surface area contributed by atoms with Gasteiger partial charge in [0.1, 0.15) is 11.5 Å². The summed E-state index contributed by atoms with van der Waals surface area (Å²) in [6.45, 7) is 5.74. The SMILES string of the molecule is Cc1ccc(C)c(Nc2nc(C)cc(C(=O)Nc3ccccc3F)n2)c1. The van der Waals surface area contributed by atoms with Gasteiger partial charge in [-0.25, -0.2) is 14.4 Å². The molecule has 2 N–H and O–H groups in total. The first-order chi connectivity index (χ1) is 12.4. The van der Waals surface area contributed by atoms with Crippen LogP contribution in [0.5, 0.6) is 0 Å². The molecule has 0 radical (unpaired) electrons. The largest absolute Gasteiger partial charge is 0.324 e. The third kappa shape index (κ3) is 4.03. The number of halogens is 1. The number of aryl methyl sites for hydroxylation is 3. The van der Waals surface area contributed by atoms with Crippen LogP contribution in [0.4, 0.5) is 21.7 Å². The number of aromatic nitrogens is 2. The van der Waals surface area contributed by atoms with Gasteiger partial charge in [-0.3, -0.25) is 4.79 Å². The Labute approximate surface area is 151 Å². The molecule has 132 valence electrons. The molecule has 0 aliphatic rings. The Morgan fingerprint density at radius 2 is 1.73 bits per heavy atom. The molecule has 1 aromatic heterocycles. The topological polar surface area (TPSA) is 66.9 Å². The van der Waals surface area contributed by atoms with Crippen molar-refractivity contribution in [3.8, 4) is 0 Å². The number of hydrogen-bond acceptors (Lipinski definition) is 4. The van der Waals surface area contributed by atoms with Gasteiger partial charge in [0.25, 0.3) is 5.91 Å². The maximum absolute atomic E-state index is 13.7. The number of nitrogens with zero attached hydrogens (tertiary/aromatic N) is 2. The zero-order chi connectivity index (χ0) is 18.7. The van der Waals surface area contributed by atoms with E-state index < -0.39 is 11.7 Å². The summed E-state index contributed by atoms with van der Waals surface area (Å²) in [5.41, 5.74) is 3.91. The molecule has 6 heteroatoms. The molecule has 5 nitrogen and oxygen atoms in total. The molecule has 0 saturated heterocycles. The number of amides is 1. The van der Waals surface area contributed by atoms with Crippen LogP contribution in [-0.4, -0.2) is 15.9 Å². The number of hydrogen-bond donors (Lipinski definition) is 2. The zero-order valence-corrected chi connectivity index (χ0v) is 14.8. The summed E-state index contributed by atoms with van der Waals surface area (Å²) >= 11 is 0. The van der Waals surface area contributed by atoms with Crippen molar-refractivity contribution in [2.24, 2.45) is 0 Å². The number of rotatable bonds is 4. The van der Waals surface area contributed by atoms with Crippen LogP contribution in [0.1, 0.15) is 27.3 Å². The Morgan fingerprint density at radius 3 is 2.50 bits per heavy atom. The smallest absolute Gasteiger partial charge is 0.274 e. The fraction of sp³-hybridized carbons (Fsp3) is 0.150. The highest BCUT2D eigenvalue weighted by molar-refractivity contribution is 6.03. The third-order valence-electron chi connectivity index (χ3n) is 3.85. The Kier molecular flexibility index (Phi) is 4.93. The Morgan fingerprint density at radius 1 is 0.962 bits per heavy atom. The quantitative estimate of drug-likeness (QED) is 0.725. The molecule has 3 rings (SSSR count). The summed E-state index contributed by atoms with van der Waals surface area (Å²) in [7, 11) is 0. The van der Waals surface area contributed by atoms with Gasteiger partial charge in [-0.1, -0.05) is 24.3 Å². The molecule has 0 aliphatic heterocycles. The van der Waals surface area contributed by atoms with E-state index >= 15 is 0 Å². The number of benzene rings is 2. The molecular weight excluding hydrogens is 331 g/mol. The van der Waals surface area contributed by atoms with E-state index in [1.54, 1.807) is 25.1 Å². The number of nitrogens with one attached hydrogen (secondary N) is 2. The van der Waals surface area contributed by atoms with Gasteiger partial charge in [-0.2, -0.15) is 0 Å². The van der Waals surface area contributed by atoms with E-state index in [4.69, 9.17) is 0 Å². The van der Waals surface area contributed by atoms with E-state index in [9.17, 15) is 9.18 Å². The van der Waals surface area contributed by atoms with E-state index in [-0.39, 0.29) is 11.4 Å². The first-order valence-electron chi connectivity index (χ1n) is 8.18. The standard InChI is InChI=1S/C20H19FN4O/c1-12-8-9-13(2)17(10-12)24-20-22-14(3)11-18(25-20)19(26)23-16-7-5-4-6-15(16)21/h4-11H,1-3H3,(H,23,26)(H,22,24,25). The summed E-state index contributed by atoms with van der Waals surface area (Å²) < 4.78 is 13.7. The highest BCUT2D eigenvalue weighted by atomic mass is 19.1. The zero-order valence-electron chi connectivity index (χ0n) is 14.8. The second kappa shape index (κ2) is 7.31. The van der Waals surface area contributed by atoms with Crippen molar-refractivity contribution in [1.29, 1.82) is 0 Å². The lowest BCUT2D eigenvalue weighted by Gasteiger charge is -2.11. The van der Waals surface area contributed by atoms with E-state index in [1.807, 2.05) is 32.0 Å². The molecule has 0 saturated carbocycles. The van der Waals surface area contributed by atoms with E-state index in [1.165, 1.54) is 12.1 Å². The molecule has 0 atom stereocenters. The minimum absolute atomic E-state index is 0.109. The molecule has 0 unspecified atom stereocenters. The second-order valence-corrected chi connectivity index (χ2v) is 6.10. The van der Waals surface area contributed by atoms with Crippen LogP contribution in [0.2, 0.25) is 0 Å². The first-order valence-corrected chi connectivity index (χ1v) is 8.18. The van der Waals surface area contributed by atoms with E-state index in [0.29, 0.717) is 11.6 Å². The van der Waals surface area contributed by atoms with Gasteiger partial charge < -0.3 is 10.6 Å². The summed E-state index contributed by atoms with van der Waals surface area (Å²) in [6.07, 6.45) is 0. The minimum atomic E-state index is -0.500. The number of para-hydroxylation sites is 1. The average molecular weight is 350 g/mol. The lowest BCUT2D eigenvalue weighted by Crippen LogP contribution is -2.16. The number of anilines is 3. The predicted molar refractivity (Wildman–Crippen MR) is 100 cm³/mol. The van der Waals surface area contributed by atoms with Crippen molar-refractivity contribution in [3.63, 3.8) is 0 Å². The van der Waals surface area contributed by atoms with Crippen LogP contribution in [0.3, 0.4) is 0 Å². The van der Waals surface area contributed by atoms with Crippen LogP contribution >= 0.6 is 0 Å². The monoisotopic (exact) mass is 350 g/mol. The fourth-order valence-corrected chi connectivity index (χ4v) is 2.48. The normalized spacial score (nSPS) is 10.5. The molecule has 0 bridgehead atoms. The third-order valence-corrected chi connectivity index (χ3v) is 3.85. The highest BCUT2D eigenvalue weighted by Gasteiger charge is 2.13. The molecule has 1 amide bonds. The van der Waals surface area contributed by atoms with E-state index in [0.717, 1.165) is 16.8 Å². The molecule has 2 aromatic carbocycles. The Hall–Kier alpha value is -3.28. The maximum Gasteiger partial charge on any atom is 0.274 e. The number of carbonyl (C=O) groups is 1. The van der Waals surface area contributed by atoms with Gasteiger partial charge in [-0.05, 0) is 56.2 Å². The average Bonchev–Trinajstić information content (AvgIpc) is 2.59. The van der Waals surface area contributed by atoms with Gasteiger partial charge in [-0.15, -0.1) is 0 Å². The van der Waals surface area contributed by atoms with Gasteiger partial charge in [0.2, 0.25) is 5.95 Å². The summed E-state index contributed by atoms with van der Waals surface area (Å²) in [5.74, 6) is -0.678. The molecule has 0 fully saturated rings. The number of carbonyl (C=O) groups excluding carboxylic acids is 1. The first kappa shape index (κ1) is 17.5. The molecule has 3 aromatic rings. The lowest BCUT2D eigenvalue weighted by molar-refractivity contribution is 0.102. The van der Waals surface area contributed by atoms with Crippen LogP contribution in [0.25, 0.3) is 0 Å². The molecular formula is C20H19FN4O. The minimum Gasteiger partial charge on any atom is -0.324 e. The second-order valence-electron chi connectivity index (χ2n) is 6.10. The van der Waals surface area contributed by atoms with Gasteiger partial charge in [0.15, 0.2) is 0 Å². The predicted octanol–water partition coefficient (Wildman–Crippen LogP) is 4.54. The van der Waals surface area contributed by atoms with Crippen molar-refractivity contribution in [2.45, 2.75) is 20.8 Å². The van der Waals surface area contributed by atoms with Crippen molar-refractivity contribution >= 4 is 23.2 Å². The van der Waals surface area contributed by atoms with E-state index in [2.05, 4.69) is 20.6 Å². The molecule has 26 heavy (non-hydrogen) atoms. The van der Waals surface area contributed by atoms with Gasteiger partial charge >= 0.3 is 0 Å². The van der Waals surface area contributed by atoms with Crippen LogP contribution in [-0.2, 0) is 0 Å². The molecule has 0 spiro atoms. The Bertz CT molecular complexity index is 972. The van der Waals surface area contributed by atoms with Gasteiger partial charge in [0.05, 0.1) is 5.69 Å². The van der Waals surface area contributed by atoms with Crippen molar-refractivity contribution in [1.82, 2.24) is 9.97 Å². The van der Waals surface area contributed by atoms with Crippen LogP contribution in [0, 0.1) is 26.6 Å². The fourth-order valence-electron chi connectivity index (χ4n) is 2.48. The highest BCUT2D eigenvalue weighted by Crippen LogP contribution is 2.20. The summed E-state index contributed by atoms with van der Waals surface area (Å²) in [5, 5.41) is 5.68. The van der Waals surface area contributed by atoms with Crippen molar-refractivity contribution in [3.05, 3.63) is 76.9 Å². The maximum atomic E-state index is 13.7. The molecule has 1 heterocycles. The van der Waals surface area contributed by atoms with Crippen LogP contribution in [0.15, 0.2) is 48.5 Å². The van der Waals surface area contributed by atoms with Crippen LogP contribution < -0.4 is 10.6 Å².